The van der Waals surface area contributed by atoms with E-state index >= 15 is 0 Å². The van der Waals surface area contributed by atoms with Gasteiger partial charge in [0.25, 0.3) is 0 Å². The Morgan fingerprint density at radius 3 is 0.885 bits per heavy atom. The van der Waals surface area contributed by atoms with E-state index in [1.807, 2.05) is 60.7 Å². The van der Waals surface area contributed by atoms with Crippen molar-refractivity contribution in [3.8, 4) is 45.5 Å². The predicted octanol–water partition coefficient (Wildman–Crippen LogP) is 5.76. The average molecular weight is 713 g/mol. The summed E-state index contributed by atoms with van der Waals surface area (Å²) in [5.41, 5.74) is 4.32. The van der Waals surface area contributed by atoms with Crippen LogP contribution in [0.4, 0.5) is 0 Å². The molecule has 3 aromatic carbocycles. The zero-order chi connectivity index (χ0) is 35.2. The van der Waals surface area contributed by atoms with Gasteiger partial charge in [0.15, 0.2) is 0 Å². The topological polar surface area (TPSA) is 118 Å². The predicted molar refractivity (Wildman–Crippen MR) is 195 cm³/mol. The van der Waals surface area contributed by atoms with Crippen molar-refractivity contribution in [2.75, 3.05) is 106 Å². The maximum absolute atomic E-state index is 6.30. The van der Waals surface area contributed by atoms with Gasteiger partial charge in [-0.1, -0.05) is 36.4 Å². The summed E-state index contributed by atoms with van der Waals surface area (Å²) >= 11 is 0. The van der Waals surface area contributed by atoms with Gasteiger partial charge in [-0.25, -0.2) is 9.97 Å². The van der Waals surface area contributed by atoms with Gasteiger partial charge in [-0.05, 0) is 36.4 Å². The van der Waals surface area contributed by atoms with Crippen molar-refractivity contribution < 1.29 is 47.4 Å². The van der Waals surface area contributed by atoms with Crippen molar-refractivity contribution in [2.45, 2.75) is 0 Å². The smallest absolute Gasteiger partial charge is 0.132 e. The number of benzene rings is 3. The molecule has 4 heterocycles. The normalized spacial score (nSPS) is 17.7. The molecule has 0 saturated carbocycles. The standard InChI is InChI=1S/C40H44N2O10/c1-3-33-37-31-11-9-29-7-8-30-10-12-32(42-40(30)39(29)41-31)38-35(51-27-23-47-19-15-43-13-17-45-21-25-49-33)5-2-6-36(38)52-28-24-48-20-16-44-14-18-46-22-26-50-34(37)4-1/h1-12H,13-28H2. The number of hydrogen-bond acceptors (Lipinski definition) is 12. The summed E-state index contributed by atoms with van der Waals surface area (Å²) in [6.45, 7) is 6.43. The molecule has 0 N–H and O–H groups in total. The molecule has 0 unspecified atom stereocenters. The third kappa shape index (κ3) is 9.26. The first-order valence-electron chi connectivity index (χ1n) is 17.8. The van der Waals surface area contributed by atoms with Crippen molar-refractivity contribution in [3.05, 3.63) is 72.8 Å². The molecule has 0 amide bonds. The highest BCUT2D eigenvalue weighted by Crippen LogP contribution is 2.41. The lowest BCUT2D eigenvalue weighted by molar-refractivity contribution is 0.00444. The summed E-state index contributed by atoms with van der Waals surface area (Å²) in [5.74, 6) is 2.51. The first kappa shape index (κ1) is 35.8. The molecule has 5 aromatic rings. The maximum atomic E-state index is 6.30. The van der Waals surface area contributed by atoms with E-state index in [0.29, 0.717) is 140 Å². The largest absolute Gasteiger partial charge is 0.490 e. The molecule has 0 radical (unpaired) electrons. The van der Waals surface area contributed by atoms with Crippen LogP contribution in [-0.4, -0.2) is 116 Å². The zero-order valence-corrected chi connectivity index (χ0v) is 29.2. The molecule has 0 saturated heterocycles. The van der Waals surface area contributed by atoms with Crippen LogP contribution in [0, 0.1) is 0 Å². The van der Waals surface area contributed by atoms with Crippen LogP contribution in [0.5, 0.6) is 23.0 Å². The molecule has 0 atom stereocenters. The molecule has 274 valence electrons. The molecule has 7 rings (SSSR count). The van der Waals surface area contributed by atoms with Crippen LogP contribution in [0.15, 0.2) is 72.8 Å². The number of pyridine rings is 2. The van der Waals surface area contributed by atoms with Crippen LogP contribution >= 0.6 is 0 Å². The third-order valence-corrected chi connectivity index (χ3v) is 8.44. The molecular formula is C40H44N2O10. The van der Waals surface area contributed by atoms with Gasteiger partial charge in [-0.15, -0.1) is 0 Å². The molecule has 52 heavy (non-hydrogen) atoms. The second kappa shape index (κ2) is 18.8. The molecule has 0 spiro atoms. The van der Waals surface area contributed by atoms with Crippen LogP contribution in [0.2, 0.25) is 0 Å². The van der Waals surface area contributed by atoms with Gasteiger partial charge in [-0.3, -0.25) is 0 Å². The molecule has 2 aromatic heterocycles. The number of ether oxygens (including phenoxy) is 10. The highest BCUT2D eigenvalue weighted by molar-refractivity contribution is 6.04. The molecule has 12 heteroatoms. The van der Waals surface area contributed by atoms with E-state index in [2.05, 4.69) is 12.1 Å². The summed E-state index contributed by atoms with van der Waals surface area (Å²) in [4.78, 5) is 10.5. The summed E-state index contributed by atoms with van der Waals surface area (Å²) in [7, 11) is 0. The Balaban J connectivity index is 1.34. The fourth-order valence-electron chi connectivity index (χ4n) is 5.98. The zero-order valence-electron chi connectivity index (χ0n) is 29.2. The summed E-state index contributed by atoms with van der Waals surface area (Å²) in [6.07, 6.45) is 0. The fraction of sp³-hybridized carbons (Fsp3) is 0.400. The van der Waals surface area contributed by atoms with E-state index in [-0.39, 0.29) is 0 Å². The molecule has 2 aliphatic rings. The van der Waals surface area contributed by atoms with Crippen molar-refractivity contribution >= 4 is 21.8 Å². The lowest BCUT2D eigenvalue weighted by Gasteiger charge is -2.17. The maximum Gasteiger partial charge on any atom is 0.132 e. The SMILES string of the molecule is c1cc2c3c(c1)OCCOCCOCCOCCOc1cccc(c1-c1ccc4ccc5ccc-3nc5c4n1)OCCOCCOCCOCCO2. The van der Waals surface area contributed by atoms with Crippen LogP contribution in [-0.2, 0) is 28.4 Å². The van der Waals surface area contributed by atoms with Crippen molar-refractivity contribution in [2.24, 2.45) is 0 Å². The fourth-order valence-corrected chi connectivity index (χ4v) is 5.98. The van der Waals surface area contributed by atoms with Crippen molar-refractivity contribution in [1.29, 1.82) is 0 Å². The van der Waals surface area contributed by atoms with E-state index in [0.717, 1.165) is 32.9 Å². The van der Waals surface area contributed by atoms with Gasteiger partial charge in [0, 0.05) is 10.8 Å². The highest BCUT2D eigenvalue weighted by Gasteiger charge is 2.19. The minimum atomic E-state index is 0.332. The summed E-state index contributed by atoms with van der Waals surface area (Å²) < 4.78 is 59.7. The first-order valence-corrected chi connectivity index (χ1v) is 17.8. The van der Waals surface area contributed by atoms with Gasteiger partial charge in [-0.2, -0.15) is 0 Å². The van der Waals surface area contributed by atoms with E-state index in [1.54, 1.807) is 0 Å². The van der Waals surface area contributed by atoms with Crippen LogP contribution in [0.25, 0.3) is 44.3 Å². The second-order valence-corrected chi connectivity index (χ2v) is 11.9. The lowest BCUT2D eigenvalue weighted by atomic mass is 10.0. The van der Waals surface area contributed by atoms with Gasteiger partial charge in [0.2, 0.25) is 0 Å². The van der Waals surface area contributed by atoms with Crippen LogP contribution < -0.4 is 18.9 Å². The molecule has 6 bridgehead atoms. The summed E-state index contributed by atoms with van der Waals surface area (Å²) in [6, 6.07) is 23.7. The lowest BCUT2D eigenvalue weighted by Crippen LogP contribution is -2.15. The monoisotopic (exact) mass is 712 g/mol. The number of rotatable bonds is 0. The van der Waals surface area contributed by atoms with Gasteiger partial charge >= 0.3 is 0 Å². The van der Waals surface area contributed by atoms with Crippen molar-refractivity contribution in [1.82, 2.24) is 9.97 Å². The minimum Gasteiger partial charge on any atom is -0.490 e. The quantitative estimate of drug-likeness (QED) is 0.182. The Morgan fingerprint density at radius 1 is 0.308 bits per heavy atom. The number of hydrogen-bond donors (Lipinski definition) is 0. The van der Waals surface area contributed by atoms with E-state index in [1.165, 1.54) is 0 Å². The number of aromatic nitrogens is 2. The highest BCUT2D eigenvalue weighted by atomic mass is 16.6. The van der Waals surface area contributed by atoms with Crippen LogP contribution in [0.3, 0.4) is 0 Å². The molecule has 0 fully saturated rings. The Bertz CT molecular complexity index is 1700. The van der Waals surface area contributed by atoms with Gasteiger partial charge in [0.1, 0.15) is 49.4 Å². The van der Waals surface area contributed by atoms with Gasteiger partial charge < -0.3 is 47.4 Å². The average Bonchev–Trinajstić information content (AvgIpc) is 3.17. The molecule has 2 aliphatic heterocycles. The Hall–Kier alpha value is -4.56. The molecule has 12 nitrogen and oxygen atoms in total. The Morgan fingerprint density at radius 2 is 0.577 bits per heavy atom. The van der Waals surface area contributed by atoms with Crippen molar-refractivity contribution in [3.63, 3.8) is 0 Å². The molecular weight excluding hydrogens is 668 g/mol. The van der Waals surface area contributed by atoms with E-state index in [4.69, 9.17) is 57.3 Å². The molecule has 0 aliphatic carbocycles. The first-order chi connectivity index (χ1) is 25.8. The van der Waals surface area contributed by atoms with Crippen LogP contribution in [0.1, 0.15) is 0 Å². The van der Waals surface area contributed by atoms with E-state index < -0.39 is 0 Å². The Kier molecular flexibility index (Phi) is 12.9. The van der Waals surface area contributed by atoms with Gasteiger partial charge in [0.05, 0.1) is 113 Å². The Labute approximate surface area is 302 Å². The summed E-state index contributed by atoms with van der Waals surface area (Å²) in [5, 5.41) is 1.89. The second-order valence-electron chi connectivity index (χ2n) is 11.9. The minimum absolute atomic E-state index is 0.332. The number of nitrogens with zero attached hydrogens (tertiary/aromatic N) is 2. The third-order valence-electron chi connectivity index (χ3n) is 8.44. The van der Waals surface area contributed by atoms with E-state index in [9.17, 15) is 0 Å².